The molecule has 6 heteroatoms. The van der Waals surface area contributed by atoms with Crippen molar-refractivity contribution in [2.24, 2.45) is 22.5 Å². The zero-order valence-electron chi connectivity index (χ0n) is 17.7. The van der Waals surface area contributed by atoms with Crippen molar-refractivity contribution < 1.29 is 13.5 Å². The summed E-state index contributed by atoms with van der Waals surface area (Å²) in [7, 11) is -3.70. The lowest BCUT2D eigenvalue weighted by Crippen LogP contribution is -2.48. The fourth-order valence-electron chi connectivity index (χ4n) is 5.83. The van der Waals surface area contributed by atoms with Crippen LogP contribution in [-0.4, -0.2) is 25.4 Å². The number of benzene rings is 2. The van der Waals surface area contributed by atoms with Gasteiger partial charge in [0, 0.05) is 5.41 Å². The molecule has 162 valence electrons. The van der Waals surface area contributed by atoms with Crippen LogP contribution in [0.25, 0.3) is 0 Å². The van der Waals surface area contributed by atoms with E-state index in [9.17, 15) is 13.5 Å². The first-order valence-corrected chi connectivity index (χ1v) is 12.3. The number of aliphatic hydroxyl groups excluding tert-OH is 1. The maximum Gasteiger partial charge on any atom is 0.212 e. The van der Waals surface area contributed by atoms with Gasteiger partial charge in [0.05, 0.1) is 23.9 Å². The molecule has 0 heterocycles. The summed E-state index contributed by atoms with van der Waals surface area (Å²) in [4.78, 5) is 0. The van der Waals surface area contributed by atoms with Crippen molar-refractivity contribution in [3.05, 3.63) is 71.8 Å². The zero-order chi connectivity index (χ0) is 21.6. The van der Waals surface area contributed by atoms with Crippen LogP contribution in [0.15, 0.2) is 60.7 Å². The van der Waals surface area contributed by atoms with Crippen LogP contribution in [0, 0.1) is 16.7 Å². The van der Waals surface area contributed by atoms with Crippen molar-refractivity contribution >= 4 is 10.0 Å². The van der Waals surface area contributed by atoms with Gasteiger partial charge in [-0.05, 0) is 41.7 Å². The first-order chi connectivity index (χ1) is 14.2. The summed E-state index contributed by atoms with van der Waals surface area (Å²) in [6, 6.07) is 17.9. The van der Waals surface area contributed by atoms with Gasteiger partial charge in [-0.3, -0.25) is 0 Å². The minimum atomic E-state index is -3.70. The Morgan fingerprint density at radius 1 is 1.07 bits per heavy atom. The number of aliphatic hydroxyl groups is 1. The predicted octanol–water partition coefficient (Wildman–Crippen LogP) is 3.53. The van der Waals surface area contributed by atoms with E-state index in [0.29, 0.717) is 12.3 Å². The predicted molar refractivity (Wildman–Crippen MR) is 119 cm³/mol. The molecule has 5 atom stereocenters. The molecule has 2 aromatic rings. The van der Waals surface area contributed by atoms with Gasteiger partial charge in [0.15, 0.2) is 0 Å². The molecule has 0 saturated heterocycles. The molecule has 2 saturated carbocycles. The number of rotatable bonds is 7. The number of nitrogens with one attached hydrogen (secondary N) is 1. The number of fused-ring (bicyclic) bond motifs is 2. The molecule has 0 radical (unpaired) electrons. The normalized spacial score (nSPS) is 29.6. The molecule has 1 unspecified atom stereocenters. The molecule has 2 aromatic carbocycles. The van der Waals surface area contributed by atoms with E-state index in [2.05, 4.69) is 18.6 Å². The number of sulfonamides is 1. The molecule has 4 N–H and O–H groups in total. The average Bonchev–Trinajstić information content (AvgIpc) is 3.07. The van der Waals surface area contributed by atoms with Gasteiger partial charge in [0.1, 0.15) is 0 Å². The van der Waals surface area contributed by atoms with Gasteiger partial charge < -0.3 is 10.8 Å². The van der Waals surface area contributed by atoms with Crippen LogP contribution in [-0.2, 0) is 10.0 Å². The number of hydrogen-bond acceptors (Lipinski definition) is 4. The highest BCUT2D eigenvalue weighted by Crippen LogP contribution is 2.66. The van der Waals surface area contributed by atoms with E-state index in [1.807, 2.05) is 60.7 Å². The van der Waals surface area contributed by atoms with Crippen LogP contribution >= 0.6 is 0 Å². The first kappa shape index (κ1) is 21.5. The highest BCUT2D eigenvalue weighted by Gasteiger charge is 2.65. The Morgan fingerprint density at radius 2 is 1.63 bits per heavy atom. The minimum absolute atomic E-state index is 0.0739. The Bertz CT molecular complexity index is 978. The number of nitrogens with two attached hydrogens (primary N) is 1. The summed E-state index contributed by atoms with van der Waals surface area (Å²) >= 11 is 0. The Morgan fingerprint density at radius 3 is 2.13 bits per heavy atom. The topological polar surface area (TPSA) is 92.4 Å². The lowest BCUT2D eigenvalue weighted by Gasteiger charge is -2.40. The lowest BCUT2D eigenvalue weighted by molar-refractivity contribution is 0.0151. The van der Waals surface area contributed by atoms with E-state index in [-0.39, 0.29) is 11.2 Å². The summed E-state index contributed by atoms with van der Waals surface area (Å²) in [5.74, 6) is 0.300. The van der Waals surface area contributed by atoms with Gasteiger partial charge >= 0.3 is 0 Å². The van der Waals surface area contributed by atoms with Crippen molar-refractivity contribution in [1.82, 2.24) is 4.72 Å². The molecule has 0 spiro atoms. The van der Waals surface area contributed by atoms with E-state index in [1.165, 1.54) is 0 Å². The third kappa shape index (κ3) is 3.60. The Balaban J connectivity index is 1.64. The summed E-state index contributed by atoms with van der Waals surface area (Å²) < 4.78 is 29.8. The van der Waals surface area contributed by atoms with Crippen molar-refractivity contribution in [2.45, 2.75) is 51.3 Å². The SMILES string of the molecule is CC1(C)C2CC[C@]1(CS(=O)(=O)N[C@H](c1ccccc1)[C@H](N)c1ccccc1)[C@H](O)C2. The maximum atomic E-state index is 13.4. The average molecular weight is 429 g/mol. The first-order valence-electron chi connectivity index (χ1n) is 10.7. The third-order valence-electron chi connectivity index (χ3n) is 7.84. The van der Waals surface area contributed by atoms with Crippen LogP contribution in [0.4, 0.5) is 0 Å². The molecular weight excluding hydrogens is 396 g/mol. The van der Waals surface area contributed by atoms with Gasteiger partial charge in [0.25, 0.3) is 0 Å². The third-order valence-corrected chi connectivity index (χ3v) is 9.35. The van der Waals surface area contributed by atoms with Crippen LogP contribution < -0.4 is 10.5 Å². The molecule has 0 aromatic heterocycles. The van der Waals surface area contributed by atoms with E-state index in [0.717, 1.165) is 24.0 Å². The molecule has 4 rings (SSSR count). The second kappa shape index (κ2) is 7.75. The molecular formula is C24H32N2O3S. The molecule has 2 bridgehead atoms. The molecule has 0 amide bonds. The van der Waals surface area contributed by atoms with Crippen molar-refractivity contribution in [2.75, 3.05) is 5.75 Å². The monoisotopic (exact) mass is 428 g/mol. The van der Waals surface area contributed by atoms with Crippen molar-refractivity contribution in [3.8, 4) is 0 Å². The smallest absolute Gasteiger partial charge is 0.212 e. The standard InChI is InChI=1S/C24H32N2O3S/c1-23(2)19-13-14-24(23,20(27)15-19)16-30(28,29)26-22(18-11-7-4-8-12-18)21(25)17-9-5-3-6-10-17/h3-12,19-22,26-27H,13-16,25H2,1-2H3/t19?,20-,21-,22-,24+/m1/s1. The zero-order valence-corrected chi connectivity index (χ0v) is 18.5. The van der Waals surface area contributed by atoms with Gasteiger partial charge in [-0.1, -0.05) is 74.5 Å². The Kier molecular flexibility index (Phi) is 5.56. The Labute approximate surface area is 179 Å². The molecule has 5 nitrogen and oxygen atoms in total. The Hall–Kier alpha value is -1.73. The van der Waals surface area contributed by atoms with Crippen LogP contribution in [0.5, 0.6) is 0 Å². The van der Waals surface area contributed by atoms with Crippen LogP contribution in [0.2, 0.25) is 0 Å². The second-order valence-electron chi connectivity index (χ2n) is 9.57. The summed E-state index contributed by atoms with van der Waals surface area (Å²) in [5, 5.41) is 10.8. The van der Waals surface area contributed by atoms with Gasteiger partial charge in [0.2, 0.25) is 10.0 Å². The molecule has 2 aliphatic rings. The summed E-state index contributed by atoms with van der Waals surface area (Å²) in [6.07, 6.45) is 1.83. The lowest BCUT2D eigenvalue weighted by atomic mass is 9.70. The fraction of sp³-hybridized carbons (Fsp3) is 0.500. The second-order valence-corrected chi connectivity index (χ2v) is 11.3. The van der Waals surface area contributed by atoms with Gasteiger partial charge in [-0.25, -0.2) is 13.1 Å². The maximum absolute atomic E-state index is 13.4. The quantitative estimate of drug-likeness (QED) is 0.629. The van der Waals surface area contributed by atoms with E-state index >= 15 is 0 Å². The van der Waals surface area contributed by atoms with Gasteiger partial charge in [-0.15, -0.1) is 0 Å². The van der Waals surface area contributed by atoms with E-state index in [1.54, 1.807) is 0 Å². The molecule has 0 aliphatic heterocycles. The highest BCUT2D eigenvalue weighted by molar-refractivity contribution is 7.89. The van der Waals surface area contributed by atoms with Crippen LogP contribution in [0.3, 0.4) is 0 Å². The molecule has 30 heavy (non-hydrogen) atoms. The fourth-order valence-corrected chi connectivity index (χ4v) is 7.97. The largest absolute Gasteiger partial charge is 0.392 e. The minimum Gasteiger partial charge on any atom is -0.392 e. The molecule has 2 aliphatic carbocycles. The van der Waals surface area contributed by atoms with Crippen molar-refractivity contribution in [3.63, 3.8) is 0 Å². The van der Waals surface area contributed by atoms with Gasteiger partial charge in [-0.2, -0.15) is 0 Å². The summed E-state index contributed by atoms with van der Waals surface area (Å²) in [6.45, 7) is 4.22. The summed E-state index contributed by atoms with van der Waals surface area (Å²) in [5.41, 5.74) is 7.45. The van der Waals surface area contributed by atoms with E-state index < -0.39 is 33.6 Å². The van der Waals surface area contributed by atoms with Crippen molar-refractivity contribution in [1.29, 1.82) is 0 Å². The van der Waals surface area contributed by atoms with E-state index in [4.69, 9.17) is 5.73 Å². The molecule has 2 fully saturated rings. The van der Waals surface area contributed by atoms with Crippen LogP contribution in [0.1, 0.15) is 56.3 Å². The number of hydrogen-bond donors (Lipinski definition) is 3. The highest BCUT2D eigenvalue weighted by atomic mass is 32.2.